The lowest BCUT2D eigenvalue weighted by molar-refractivity contribution is -0.154. The molecule has 2 unspecified atom stereocenters. The highest BCUT2D eigenvalue weighted by atomic mass is 32.1. The number of carboxylic acids is 1. The van der Waals surface area contributed by atoms with Gasteiger partial charge in [0.15, 0.2) is 0 Å². The van der Waals surface area contributed by atoms with Crippen LogP contribution in [0, 0.1) is 18.3 Å². The molecule has 1 saturated carbocycles. The lowest BCUT2D eigenvalue weighted by atomic mass is 9.63. The van der Waals surface area contributed by atoms with Crippen molar-refractivity contribution in [2.75, 3.05) is 5.32 Å². The maximum absolute atomic E-state index is 13.0. The van der Waals surface area contributed by atoms with Crippen LogP contribution in [0.4, 0.5) is 24.7 Å². The van der Waals surface area contributed by atoms with Crippen LogP contribution in [0.1, 0.15) is 49.4 Å². The molecule has 0 bridgehead atoms. The molecule has 3 N–H and O–H groups in total. The van der Waals surface area contributed by atoms with E-state index in [9.17, 15) is 28.2 Å². The number of benzene rings is 1. The zero-order chi connectivity index (χ0) is 25.6. The minimum Gasteiger partial charge on any atom is -0.481 e. The lowest BCUT2D eigenvalue weighted by Gasteiger charge is -2.44. The fraction of sp³-hybridized carbons (Fsp3) is 0.400. The van der Waals surface area contributed by atoms with Crippen LogP contribution in [0.15, 0.2) is 42.6 Å². The third kappa shape index (κ3) is 5.18. The molecule has 2 heterocycles. The molecule has 186 valence electrons. The summed E-state index contributed by atoms with van der Waals surface area (Å²) in [5.41, 5.74) is -0.570. The molecule has 0 saturated heterocycles. The number of aliphatic hydroxyl groups is 1. The van der Waals surface area contributed by atoms with Crippen molar-refractivity contribution in [2.45, 2.75) is 51.8 Å². The molecule has 1 fully saturated rings. The molecule has 2 aromatic heterocycles. The van der Waals surface area contributed by atoms with Gasteiger partial charge < -0.3 is 15.5 Å². The monoisotopic (exact) mass is 505 g/mol. The van der Waals surface area contributed by atoms with Crippen molar-refractivity contribution in [1.29, 1.82) is 0 Å². The summed E-state index contributed by atoms with van der Waals surface area (Å²) in [6.45, 7) is 5.54. The normalized spacial score (nSPS) is 22.1. The van der Waals surface area contributed by atoms with E-state index >= 15 is 0 Å². The molecule has 0 aliphatic heterocycles. The zero-order valence-corrected chi connectivity index (χ0v) is 20.3. The second-order valence-corrected chi connectivity index (χ2v) is 10.7. The summed E-state index contributed by atoms with van der Waals surface area (Å²) < 4.78 is 39.1. The van der Waals surface area contributed by atoms with E-state index in [0.29, 0.717) is 23.5 Å². The Morgan fingerprint density at radius 3 is 2.63 bits per heavy atom. The summed E-state index contributed by atoms with van der Waals surface area (Å²) in [6.07, 6.45) is -1.93. The third-order valence-corrected chi connectivity index (χ3v) is 7.80. The summed E-state index contributed by atoms with van der Waals surface area (Å²) in [6, 6.07) is 9.23. The number of pyridine rings is 1. The maximum atomic E-state index is 13.0. The smallest absolute Gasteiger partial charge is 0.433 e. The first-order chi connectivity index (χ1) is 16.3. The Hall–Kier alpha value is -2.98. The van der Waals surface area contributed by atoms with Gasteiger partial charge in [0, 0.05) is 11.9 Å². The van der Waals surface area contributed by atoms with E-state index in [4.69, 9.17) is 0 Å². The second-order valence-electron chi connectivity index (χ2n) is 9.72. The van der Waals surface area contributed by atoms with Gasteiger partial charge in [-0.15, -0.1) is 11.3 Å². The number of aromatic nitrogens is 2. The maximum Gasteiger partial charge on any atom is 0.433 e. The molecule has 6 nitrogen and oxygen atoms in total. The number of alkyl halides is 3. The number of anilines is 2. The van der Waals surface area contributed by atoms with E-state index in [-0.39, 0.29) is 12.2 Å². The summed E-state index contributed by atoms with van der Waals surface area (Å²) in [7, 11) is 0. The fourth-order valence-electron chi connectivity index (χ4n) is 4.71. The largest absolute Gasteiger partial charge is 0.481 e. The number of nitrogens with one attached hydrogen (secondary N) is 1. The van der Waals surface area contributed by atoms with Crippen LogP contribution in [-0.4, -0.2) is 26.2 Å². The number of rotatable bonds is 5. The first-order valence-electron chi connectivity index (χ1n) is 11.1. The van der Waals surface area contributed by atoms with E-state index in [0.717, 1.165) is 22.1 Å². The molecule has 35 heavy (non-hydrogen) atoms. The predicted octanol–water partition coefficient (Wildman–Crippen LogP) is 6.37. The number of halogens is 3. The van der Waals surface area contributed by atoms with Gasteiger partial charge in [-0.05, 0) is 60.9 Å². The lowest BCUT2D eigenvalue weighted by Crippen LogP contribution is -2.44. The van der Waals surface area contributed by atoms with Gasteiger partial charge in [0.1, 0.15) is 22.1 Å². The average molecular weight is 506 g/mol. The Kier molecular flexibility index (Phi) is 6.39. The molecule has 0 spiro atoms. The van der Waals surface area contributed by atoms with E-state index in [1.165, 1.54) is 23.5 Å². The van der Waals surface area contributed by atoms with Crippen LogP contribution in [0.5, 0.6) is 0 Å². The van der Waals surface area contributed by atoms with Gasteiger partial charge in [-0.1, -0.05) is 32.0 Å². The van der Waals surface area contributed by atoms with Gasteiger partial charge in [0.05, 0.1) is 10.8 Å². The Morgan fingerprint density at radius 2 is 1.97 bits per heavy atom. The first-order valence-corrected chi connectivity index (χ1v) is 11.9. The fourth-order valence-corrected chi connectivity index (χ4v) is 5.74. The minimum absolute atomic E-state index is 0.0804. The average Bonchev–Trinajstić information content (AvgIpc) is 3.25. The summed E-state index contributed by atoms with van der Waals surface area (Å²) in [5, 5.41) is 24.4. The molecular weight excluding hydrogens is 479 g/mol. The van der Waals surface area contributed by atoms with Gasteiger partial charge in [0.25, 0.3) is 0 Å². The molecule has 3 aromatic rings. The molecule has 4 rings (SSSR count). The van der Waals surface area contributed by atoms with E-state index in [1.54, 1.807) is 6.20 Å². The number of thiazole rings is 1. The minimum atomic E-state index is -4.54. The van der Waals surface area contributed by atoms with Crippen molar-refractivity contribution in [1.82, 2.24) is 9.97 Å². The Balaban J connectivity index is 1.59. The molecule has 0 radical (unpaired) electrons. The van der Waals surface area contributed by atoms with Crippen LogP contribution in [-0.2, 0) is 16.6 Å². The van der Waals surface area contributed by atoms with Crippen LogP contribution in [0.2, 0.25) is 0 Å². The zero-order valence-electron chi connectivity index (χ0n) is 19.5. The molecule has 1 aliphatic rings. The van der Waals surface area contributed by atoms with Gasteiger partial charge in [-0.25, -0.2) is 9.97 Å². The Labute approximate surface area is 204 Å². The van der Waals surface area contributed by atoms with Gasteiger partial charge in [-0.2, -0.15) is 13.2 Å². The molecule has 10 heteroatoms. The Morgan fingerprint density at radius 1 is 1.23 bits per heavy atom. The van der Waals surface area contributed by atoms with Crippen LogP contribution >= 0.6 is 11.3 Å². The summed E-state index contributed by atoms with van der Waals surface area (Å²) >= 11 is 1.33. The van der Waals surface area contributed by atoms with Crippen LogP contribution in [0.3, 0.4) is 0 Å². The van der Waals surface area contributed by atoms with Crippen molar-refractivity contribution >= 4 is 28.8 Å². The van der Waals surface area contributed by atoms with Gasteiger partial charge >= 0.3 is 12.1 Å². The van der Waals surface area contributed by atoms with Crippen molar-refractivity contribution in [2.24, 2.45) is 11.3 Å². The predicted molar refractivity (Wildman–Crippen MR) is 127 cm³/mol. The van der Waals surface area contributed by atoms with Crippen molar-refractivity contribution in [3.05, 3.63) is 58.9 Å². The number of aliphatic carboxylic acids is 1. The number of hydrogen-bond acceptors (Lipinski definition) is 6. The summed E-state index contributed by atoms with van der Waals surface area (Å²) in [4.78, 5) is 20.5. The SMILES string of the molecule is Cc1ccc(-c2cnc(C3(O)CCC(C(=O)O)C(C)(C)C3)s2)cc1Nc1cccc(C(F)(F)F)n1. The summed E-state index contributed by atoms with van der Waals surface area (Å²) in [5.74, 6) is -1.30. The van der Waals surface area contributed by atoms with Gasteiger partial charge in [-0.3, -0.25) is 4.79 Å². The number of nitrogens with zero attached hydrogens (tertiary/aromatic N) is 2. The van der Waals surface area contributed by atoms with E-state index in [2.05, 4.69) is 15.3 Å². The van der Waals surface area contributed by atoms with Crippen LogP contribution in [0.25, 0.3) is 10.4 Å². The molecule has 2 atom stereocenters. The molecular formula is C25H26F3N3O3S. The van der Waals surface area contributed by atoms with E-state index < -0.39 is 34.8 Å². The number of carboxylic acid groups (broad SMARTS) is 1. The number of aryl methyl sites for hydroxylation is 1. The standard InChI is InChI=1S/C25H26F3N3O3S/c1-14-7-8-15(11-17(14)30-20-6-4-5-19(31-20)25(26,27)28)18-12-29-22(35-18)24(34)10-9-16(21(32)33)23(2,3)13-24/h4-8,11-12,16,34H,9-10,13H2,1-3H3,(H,30,31)(H,32,33). The second kappa shape index (κ2) is 8.91. The van der Waals surface area contributed by atoms with Crippen molar-refractivity contribution < 1.29 is 28.2 Å². The third-order valence-electron chi connectivity index (χ3n) is 6.56. The highest BCUT2D eigenvalue weighted by Crippen LogP contribution is 2.51. The van der Waals surface area contributed by atoms with Gasteiger partial charge in [0.2, 0.25) is 0 Å². The molecule has 0 amide bonds. The highest BCUT2D eigenvalue weighted by Gasteiger charge is 2.49. The first kappa shape index (κ1) is 25.1. The quantitative estimate of drug-likeness (QED) is 0.373. The number of carbonyl (C=O) groups is 1. The van der Waals surface area contributed by atoms with E-state index in [1.807, 2.05) is 39.0 Å². The molecule has 1 aliphatic carbocycles. The van der Waals surface area contributed by atoms with Crippen molar-refractivity contribution in [3.63, 3.8) is 0 Å². The number of hydrogen-bond donors (Lipinski definition) is 3. The topological polar surface area (TPSA) is 95.3 Å². The van der Waals surface area contributed by atoms with Crippen LogP contribution < -0.4 is 5.32 Å². The highest BCUT2D eigenvalue weighted by molar-refractivity contribution is 7.15. The molecule has 1 aromatic carbocycles. The Bertz CT molecular complexity index is 1260. The van der Waals surface area contributed by atoms with Crippen molar-refractivity contribution in [3.8, 4) is 10.4 Å².